The fraction of sp³-hybridized carbons (Fsp3) is 0.172. The van der Waals surface area contributed by atoms with Gasteiger partial charge < -0.3 is 14.6 Å². The minimum Gasteiger partial charge on any atom is -0.467 e. The number of furan rings is 1. The first-order chi connectivity index (χ1) is 18.7. The molecule has 0 saturated carbocycles. The third kappa shape index (κ3) is 6.02. The average molecular weight is 562 g/mol. The molecule has 10 heteroatoms. The number of thioether (sulfide) groups is 1. The highest BCUT2D eigenvalue weighted by Crippen LogP contribution is 2.39. The van der Waals surface area contributed by atoms with E-state index in [0.717, 1.165) is 16.7 Å². The van der Waals surface area contributed by atoms with E-state index in [9.17, 15) is 18.0 Å². The van der Waals surface area contributed by atoms with Gasteiger partial charge in [-0.1, -0.05) is 24.3 Å². The summed E-state index contributed by atoms with van der Waals surface area (Å²) in [6.07, 6.45) is 1.58. The molecule has 0 spiro atoms. The first kappa shape index (κ1) is 26.6. The molecule has 1 aliphatic heterocycles. The quantitative estimate of drug-likeness (QED) is 0.285. The van der Waals surface area contributed by atoms with Gasteiger partial charge in [0.25, 0.3) is 15.9 Å². The maximum atomic E-state index is 12.9. The van der Waals surface area contributed by atoms with Gasteiger partial charge in [-0.2, -0.15) is 0 Å². The van der Waals surface area contributed by atoms with Crippen molar-refractivity contribution in [2.24, 2.45) is 0 Å². The zero-order valence-electron chi connectivity index (χ0n) is 21.4. The summed E-state index contributed by atoms with van der Waals surface area (Å²) in [5.74, 6) is 0.817. The number of hydrogen-bond donors (Lipinski definition) is 2. The van der Waals surface area contributed by atoms with E-state index in [2.05, 4.69) is 10.0 Å². The minimum atomic E-state index is -3.79. The van der Waals surface area contributed by atoms with Crippen LogP contribution in [0.1, 0.15) is 38.2 Å². The minimum absolute atomic E-state index is 0.0397. The number of hydrogen-bond acceptors (Lipinski definition) is 6. The van der Waals surface area contributed by atoms with Gasteiger partial charge in [-0.05, 0) is 85.1 Å². The first-order valence-corrected chi connectivity index (χ1v) is 14.8. The molecular formula is C29H27N3O5S2. The van der Waals surface area contributed by atoms with Crippen LogP contribution >= 0.6 is 11.8 Å². The van der Waals surface area contributed by atoms with Crippen molar-refractivity contribution in [1.29, 1.82) is 0 Å². The van der Waals surface area contributed by atoms with Crippen molar-refractivity contribution >= 4 is 45.0 Å². The zero-order valence-corrected chi connectivity index (χ0v) is 23.0. The standard InChI is InChI=1S/C29H27N3O5S2/c1-19-5-6-20(2)26(16-19)31-39(35,36)25-13-11-23(12-14-25)30-28(34)21-7-9-22(10-8-21)29-32(27(33)18-38-29)17-24-4-3-15-37-24/h3-16,29,31H,17-18H2,1-2H3,(H,30,34)/t29-/m1/s1. The number of nitrogens with zero attached hydrogens (tertiary/aromatic N) is 1. The van der Waals surface area contributed by atoms with Crippen molar-refractivity contribution < 1.29 is 22.4 Å². The van der Waals surface area contributed by atoms with Crippen LogP contribution in [0, 0.1) is 13.8 Å². The highest BCUT2D eigenvalue weighted by atomic mass is 32.2. The Bertz CT molecular complexity index is 1600. The summed E-state index contributed by atoms with van der Waals surface area (Å²) in [7, 11) is -3.79. The number of benzene rings is 3. The van der Waals surface area contributed by atoms with Gasteiger partial charge in [-0.25, -0.2) is 8.42 Å². The molecule has 1 aromatic heterocycles. The molecule has 2 amide bonds. The van der Waals surface area contributed by atoms with Crippen LogP contribution in [0.2, 0.25) is 0 Å². The van der Waals surface area contributed by atoms with Gasteiger partial charge in [0.2, 0.25) is 5.91 Å². The van der Waals surface area contributed by atoms with E-state index < -0.39 is 10.0 Å². The number of rotatable bonds is 8. The maximum Gasteiger partial charge on any atom is 0.261 e. The fourth-order valence-corrected chi connectivity index (χ4v) is 6.55. The Labute approximate surface area is 231 Å². The number of aryl methyl sites for hydroxylation is 2. The van der Waals surface area contributed by atoms with Gasteiger partial charge in [0.05, 0.1) is 29.1 Å². The van der Waals surface area contributed by atoms with E-state index in [-0.39, 0.29) is 22.1 Å². The lowest BCUT2D eigenvalue weighted by molar-refractivity contribution is -0.128. The van der Waals surface area contributed by atoms with Crippen LogP contribution in [0.5, 0.6) is 0 Å². The lowest BCUT2D eigenvalue weighted by Gasteiger charge is -2.23. The Hall–Kier alpha value is -4.02. The molecule has 8 nitrogen and oxygen atoms in total. The number of anilines is 2. The Morgan fingerprint density at radius 1 is 1.03 bits per heavy atom. The predicted molar refractivity (Wildman–Crippen MR) is 152 cm³/mol. The summed E-state index contributed by atoms with van der Waals surface area (Å²) >= 11 is 1.54. The lowest BCUT2D eigenvalue weighted by atomic mass is 10.1. The first-order valence-electron chi connectivity index (χ1n) is 12.2. The Balaban J connectivity index is 1.23. The fourth-order valence-electron chi connectivity index (χ4n) is 4.24. The van der Waals surface area contributed by atoms with Crippen LogP contribution in [0.4, 0.5) is 11.4 Å². The van der Waals surface area contributed by atoms with E-state index in [1.807, 2.05) is 44.2 Å². The van der Waals surface area contributed by atoms with Crippen molar-refractivity contribution in [1.82, 2.24) is 4.90 Å². The summed E-state index contributed by atoms with van der Waals surface area (Å²) < 4.78 is 33.8. The summed E-state index contributed by atoms with van der Waals surface area (Å²) in [5.41, 5.74) is 4.13. The predicted octanol–water partition coefficient (Wildman–Crippen LogP) is 5.72. The number of nitrogens with one attached hydrogen (secondary N) is 2. The van der Waals surface area contributed by atoms with E-state index >= 15 is 0 Å². The van der Waals surface area contributed by atoms with E-state index in [1.165, 1.54) is 23.9 Å². The van der Waals surface area contributed by atoms with Crippen molar-refractivity contribution in [2.45, 2.75) is 30.7 Å². The number of amides is 2. The second-order valence-electron chi connectivity index (χ2n) is 9.29. The highest BCUT2D eigenvalue weighted by molar-refractivity contribution is 8.00. The van der Waals surface area contributed by atoms with Gasteiger partial charge >= 0.3 is 0 Å². The molecule has 0 aliphatic carbocycles. The molecule has 0 unspecified atom stereocenters. The van der Waals surface area contributed by atoms with Crippen LogP contribution in [0.3, 0.4) is 0 Å². The van der Waals surface area contributed by atoms with Crippen molar-refractivity contribution in [3.05, 3.63) is 113 Å². The molecule has 4 aromatic rings. The number of sulfonamides is 1. The normalized spacial score (nSPS) is 15.4. The molecule has 1 aliphatic rings. The lowest BCUT2D eigenvalue weighted by Crippen LogP contribution is -2.27. The van der Waals surface area contributed by atoms with Crippen molar-refractivity contribution in [3.8, 4) is 0 Å². The molecule has 1 saturated heterocycles. The van der Waals surface area contributed by atoms with Gasteiger partial charge in [-0.3, -0.25) is 14.3 Å². The average Bonchev–Trinajstić information content (AvgIpc) is 3.57. The van der Waals surface area contributed by atoms with Gasteiger partial charge in [0, 0.05) is 11.3 Å². The molecule has 0 radical (unpaired) electrons. The second-order valence-corrected chi connectivity index (χ2v) is 12.0. The van der Waals surface area contributed by atoms with E-state index in [4.69, 9.17) is 4.42 Å². The largest absolute Gasteiger partial charge is 0.467 e. The van der Waals surface area contributed by atoms with Crippen LogP contribution in [0.15, 0.2) is 94.4 Å². The molecule has 1 atom stereocenters. The SMILES string of the molecule is Cc1ccc(C)c(NS(=O)(=O)c2ccc(NC(=O)c3ccc([C@H]4SCC(=O)N4Cc4ccco4)cc3)cc2)c1. The molecule has 1 fully saturated rings. The molecule has 2 N–H and O–H groups in total. The molecule has 39 heavy (non-hydrogen) atoms. The Morgan fingerprint density at radius 2 is 1.77 bits per heavy atom. The number of carbonyl (C=O) groups is 2. The Morgan fingerprint density at radius 3 is 2.46 bits per heavy atom. The summed E-state index contributed by atoms with van der Waals surface area (Å²) in [4.78, 5) is 27.1. The summed E-state index contributed by atoms with van der Waals surface area (Å²) in [5, 5.41) is 2.64. The third-order valence-electron chi connectivity index (χ3n) is 6.39. The van der Waals surface area contributed by atoms with Crippen molar-refractivity contribution in [3.63, 3.8) is 0 Å². The molecule has 200 valence electrons. The van der Waals surface area contributed by atoms with Crippen LogP contribution < -0.4 is 10.0 Å². The van der Waals surface area contributed by atoms with Gasteiger partial charge in [-0.15, -0.1) is 11.8 Å². The van der Waals surface area contributed by atoms with E-state index in [0.29, 0.717) is 35.0 Å². The molecular weight excluding hydrogens is 534 g/mol. The zero-order chi connectivity index (χ0) is 27.6. The van der Waals surface area contributed by atoms with Gasteiger partial charge in [0.1, 0.15) is 11.1 Å². The molecule has 5 rings (SSSR count). The highest BCUT2D eigenvalue weighted by Gasteiger charge is 2.33. The van der Waals surface area contributed by atoms with Crippen LogP contribution in [0.25, 0.3) is 0 Å². The monoisotopic (exact) mass is 561 g/mol. The molecule has 2 heterocycles. The Kier molecular flexibility index (Phi) is 7.49. The molecule has 3 aromatic carbocycles. The van der Waals surface area contributed by atoms with Gasteiger partial charge in [0.15, 0.2) is 0 Å². The summed E-state index contributed by atoms with van der Waals surface area (Å²) in [6, 6.07) is 22.3. The maximum absolute atomic E-state index is 12.9. The summed E-state index contributed by atoms with van der Waals surface area (Å²) in [6.45, 7) is 4.12. The van der Waals surface area contributed by atoms with E-state index in [1.54, 1.807) is 47.6 Å². The third-order valence-corrected chi connectivity index (χ3v) is 9.03. The van der Waals surface area contributed by atoms with Crippen molar-refractivity contribution in [2.75, 3.05) is 15.8 Å². The van der Waals surface area contributed by atoms with Crippen LogP contribution in [-0.4, -0.2) is 30.9 Å². The smallest absolute Gasteiger partial charge is 0.261 e. The van der Waals surface area contributed by atoms with Crippen LogP contribution in [-0.2, 0) is 21.4 Å². The number of carbonyl (C=O) groups excluding carboxylic acids is 2. The molecule has 0 bridgehead atoms. The second kappa shape index (κ2) is 11.0. The topological polar surface area (TPSA) is 109 Å².